The van der Waals surface area contributed by atoms with Crippen LogP contribution in [0.4, 0.5) is 0 Å². The minimum Gasteiger partial charge on any atom is -0.350 e. The number of fused-ring (bicyclic) bond motifs is 1. The third kappa shape index (κ3) is 3.47. The van der Waals surface area contributed by atoms with Crippen LogP contribution in [0.5, 0.6) is 0 Å². The van der Waals surface area contributed by atoms with Crippen molar-refractivity contribution in [3.05, 3.63) is 95.3 Å². The van der Waals surface area contributed by atoms with Crippen LogP contribution in [0, 0.1) is 0 Å². The van der Waals surface area contributed by atoms with Crippen molar-refractivity contribution >= 4 is 0 Å². The van der Waals surface area contributed by atoms with E-state index in [2.05, 4.69) is 96.2 Å². The molecule has 1 atom stereocenters. The second-order valence-corrected chi connectivity index (χ2v) is 7.66. The summed E-state index contributed by atoms with van der Waals surface area (Å²) in [6.45, 7) is 7.73. The number of benzene rings is 2. The molecule has 0 radical (unpaired) electrons. The minimum atomic E-state index is 0.314. The van der Waals surface area contributed by atoms with Crippen molar-refractivity contribution in [2.24, 2.45) is 0 Å². The first-order valence-corrected chi connectivity index (χ1v) is 9.75. The quantitative estimate of drug-likeness (QED) is 0.597. The molecule has 134 valence electrons. The fraction of sp³-hybridized carbons (Fsp3) is 0.333. The molecule has 26 heavy (non-hydrogen) atoms. The van der Waals surface area contributed by atoms with Crippen molar-refractivity contribution in [1.82, 2.24) is 9.47 Å². The topological polar surface area (TPSA) is 8.17 Å². The molecule has 0 N–H and O–H groups in total. The monoisotopic (exact) mass is 344 g/mol. The van der Waals surface area contributed by atoms with Crippen molar-refractivity contribution in [3.63, 3.8) is 0 Å². The van der Waals surface area contributed by atoms with Crippen LogP contribution in [0.1, 0.15) is 54.6 Å². The molecular weight excluding hydrogens is 316 g/mol. The molecular formula is C24H28N2. The Hall–Kier alpha value is -2.32. The predicted octanol–water partition coefficient (Wildman–Crippen LogP) is 5.61. The van der Waals surface area contributed by atoms with Crippen LogP contribution in [0.25, 0.3) is 0 Å². The highest BCUT2D eigenvalue weighted by Crippen LogP contribution is 2.33. The Bertz CT molecular complexity index is 830. The van der Waals surface area contributed by atoms with Gasteiger partial charge in [0.2, 0.25) is 0 Å². The van der Waals surface area contributed by atoms with Crippen LogP contribution in [0.3, 0.4) is 0 Å². The molecule has 2 heteroatoms. The first kappa shape index (κ1) is 17.1. The summed E-state index contributed by atoms with van der Waals surface area (Å²) in [5, 5.41) is 0. The highest BCUT2D eigenvalue weighted by atomic mass is 15.2. The summed E-state index contributed by atoms with van der Waals surface area (Å²) < 4.78 is 2.44. The van der Waals surface area contributed by atoms with Gasteiger partial charge in [0.15, 0.2) is 0 Å². The maximum atomic E-state index is 2.64. The second-order valence-electron chi connectivity index (χ2n) is 7.66. The normalized spacial score (nSPS) is 17.9. The SMILES string of the molecule is CC(C)c1ccc([C@H]2c3cccn3CCCN2Cc2ccccc2)cc1. The zero-order valence-corrected chi connectivity index (χ0v) is 15.8. The number of rotatable bonds is 4. The highest BCUT2D eigenvalue weighted by molar-refractivity contribution is 5.33. The molecule has 4 rings (SSSR count). The van der Waals surface area contributed by atoms with Gasteiger partial charge in [-0.05, 0) is 41.2 Å². The number of hydrogen-bond acceptors (Lipinski definition) is 1. The lowest BCUT2D eigenvalue weighted by molar-refractivity contribution is 0.220. The lowest BCUT2D eigenvalue weighted by Crippen LogP contribution is -2.29. The third-order valence-corrected chi connectivity index (χ3v) is 5.50. The standard InChI is InChI=1S/C24H28N2/c1-19(2)21-11-13-22(14-12-21)24-23-10-6-15-25(23)16-7-17-26(24)18-20-8-4-3-5-9-20/h3-6,8-15,19,24H,7,16-18H2,1-2H3/t24-/m0/s1. The molecule has 1 aliphatic heterocycles. The maximum Gasteiger partial charge on any atom is 0.0759 e. The van der Waals surface area contributed by atoms with E-state index in [0.29, 0.717) is 12.0 Å². The van der Waals surface area contributed by atoms with Gasteiger partial charge < -0.3 is 4.57 Å². The predicted molar refractivity (Wildman–Crippen MR) is 108 cm³/mol. The van der Waals surface area contributed by atoms with E-state index < -0.39 is 0 Å². The molecule has 1 aliphatic rings. The molecule has 2 heterocycles. The average Bonchev–Trinajstić information content (AvgIpc) is 3.04. The Balaban J connectivity index is 1.72. The number of nitrogens with zero attached hydrogens (tertiary/aromatic N) is 2. The summed E-state index contributed by atoms with van der Waals surface area (Å²) in [5.41, 5.74) is 5.60. The van der Waals surface area contributed by atoms with Crippen molar-refractivity contribution in [2.75, 3.05) is 6.54 Å². The van der Waals surface area contributed by atoms with Crippen LogP contribution < -0.4 is 0 Å². The van der Waals surface area contributed by atoms with E-state index in [1.165, 1.54) is 28.8 Å². The van der Waals surface area contributed by atoms with Crippen LogP contribution >= 0.6 is 0 Å². The summed E-state index contributed by atoms with van der Waals surface area (Å²) in [5.74, 6) is 0.572. The van der Waals surface area contributed by atoms with E-state index in [9.17, 15) is 0 Å². The van der Waals surface area contributed by atoms with Gasteiger partial charge in [0.25, 0.3) is 0 Å². The number of aromatic nitrogens is 1. The van der Waals surface area contributed by atoms with Gasteiger partial charge in [-0.2, -0.15) is 0 Å². The van der Waals surface area contributed by atoms with Crippen molar-refractivity contribution in [3.8, 4) is 0 Å². The zero-order valence-electron chi connectivity index (χ0n) is 15.8. The summed E-state index contributed by atoms with van der Waals surface area (Å²) in [4.78, 5) is 2.64. The smallest absolute Gasteiger partial charge is 0.0759 e. The molecule has 0 aliphatic carbocycles. The van der Waals surface area contributed by atoms with Crippen molar-refractivity contribution < 1.29 is 0 Å². The number of aryl methyl sites for hydroxylation is 1. The Morgan fingerprint density at radius 2 is 1.65 bits per heavy atom. The fourth-order valence-electron chi connectivity index (χ4n) is 4.07. The summed E-state index contributed by atoms with van der Waals surface area (Å²) in [7, 11) is 0. The Kier molecular flexibility index (Phi) is 4.94. The number of hydrogen-bond donors (Lipinski definition) is 0. The Morgan fingerprint density at radius 1 is 0.885 bits per heavy atom. The van der Waals surface area contributed by atoms with Gasteiger partial charge in [-0.15, -0.1) is 0 Å². The van der Waals surface area contributed by atoms with Gasteiger partial charge in [-0.3, -0.25) is 4.90 Å². The first-order valence-electron chi connectivity index (χ1n) is 9.75. The molecule has 0 unspecified atom stereocenters. The molecule has 1 aromatic heterocycles. The molecule has 0 spiro atoms. The maximum absolute atomic E-state index is 2.64. The molecule has 0 fully saturated rings. The molecule has 3 aromatic rings. The molecule has 2 nitrogen and oxygen atoms in total. The summed E-state index contributed by atoms with van der Waals surface area (Å²) >= 11 is 0. The van der Waals surface area contributed by atoms with Crippen LogP contribution in [-0.2, 0) is 13.1 Å². The zero-order chi connectivity index (χ0) is 17.9. The van der Waals surface area contributed by atoms with E-state index in [4.69, 9.17) is 0 Å². The second kappa shape index (κ2) is 7.51. The third-order valence-electron chi connectivity index (χ3n) is 5.50. The van der Waals surface area contributed by atoms with Crippen molar-refractivity contribution in [2.45, 2.75) is 45.3 Å². The summed E-state index contributed by atoms with van der Waals surface area (Å²) in [6, 6.07) is 24.9. The van der Waals surface area contributed by atoms with E-state index in [1.807, 2.05) is 0 Å². The minimum absolute atomic E-state index is 0.314. The van der Waals surface area contributed by atoms with E-state index in [-0.39, 0.29) is 0 Å². The molecule has 0 bridgehead atoms. The largest absolute Gasteiger partial charge is 0.350 e. The van der Waals surface area contributed by atoms with Crippen LogP contribution in [-0.4, -0.2) is 16.0 Å². The first-order chi connectivity index (χ1) is 12.7. The molecule has 0 saturated carbocycles. The van der Waals surface area contributed by atoms with Gasteiger partial charge in [0.05, 0.1) is 6.04 Å². The summed E-state index contributed by atoms with van der Waals surface area (Å²) in [6.07, 6.45) is 3.42. The van der Waals surface area contributed by atoms with Crippen LogP contribution in [0.2, 0.25) is 0 Å². The molecule has 0 saturated heterocycles. The Morgan fingerprint density at radius 3 is 2.38 bits per heavy atom. The van der Waals surface area contributed by atoms with Gasteiger partial charge in [0, 0.05) is 31.5 Å². The average molecular weight is 345 g/mol. The fourth-order valence-corrected chi connectivity index (χ4v) is 4.07. The molecule has 2 aromatic carbocycles. The van der Waals surface area contributed by atoms with Gasteiger partial charge in [-0.25, -0.2) is 0 Å². The van der Waals surface area contributed by atoms with E-state index >= 15 is 0 Å². The van der Waals surface area contributed by atoms with Crippen molar-refractivity contribution in [1.29, 1.82) is 0 Å². The van der Waals surface area contributed by atoms with Crippen LogP contribution in [0.15, 0.2) is 72.9 Å². The van der Waals surface area contributed by atoms with E-state index in [0.717, 1.165) is 19.6 Å². The highest BCUT2D eigenvalue weighted by Gasteiger charge is 2.27. The van der Waals surface area contributed by atoms with Gasteiger partial charge in [-0.1, -0.05) is 68.4 Å². The van der Waals surface area contributed by atoms with E-state index in [1.54, 1.807) is 0 Å². The van der Waals surface area contributed by atoms with Gasteiger partial charge >= 0.3 is 0 Å². The van der Waals surface area contributed by atoms with Gasteiger partial charge in [0.1, 0.15) is 0 Å². The molecule has 0 amide bonds. The lowest BCUT2D eigenvalue weighted by Gasteiger charge is -2.31. The Labute approximate surface area is 157 Å². The lowest BCUT2D eigenvalue weighted by atomic mass is 9.96.